The highest BCUT2D eigenvalue weighted by Crippen LogP contribution is 2.46. The molecule has 0 fully saturated rings. The molecule has 2 aromatic rings. The van der Waals surface area contributed by atoms with Gasteiger partial charge in [-0.15, -0.1) is 0 Å². The van der Waals surface area contributed by atoms with Crippen molar-refractivity contribution in [3.8, 4) is 11.5 Å². The van der Waals surface area contributed by atoms with E-state index in [1.807, 2.05) is 36.4 Å². The highest BCUT2D eigenvalue weighted by Gasteiger charge is 2.43. The Labute approximate surface area is 221 Å². The third-order valence-corrected chi connectivity index (χ3v) is 7.56. The minimum absolute atomic E-state index is 0.123. The van der Waals surface area contributed by atoms with Crippen LogP contribution < -0.4 is 9.47 Å². The van der Waals surface area contributed by atoms with Gasteiger partial charge in [-0.2, -0.15) is 0 Å². The van der Waals surface area contributed by atoms with Crippen LogP contribution in [0, 0.1) is 11.8 Å². The molecule has 4 heteroatoms. The number of fused-ring (bicyclic) bond motifs is 2. The lowest BCUT2D eigenvalue weighted by Gasteiger charge is -2.22. The van der Waals surface area contributed by atoms with Gasteiger partial charge in [0, 0.05) is 23.0 Å². The smallest absolute Gasteiger partial charge is 0.340 e. The van der Waals surface area contributed by atoms with Crippen molar-refractivity contribution in [2.24, 2.45) is 11.8 Å². The Kier molecular flexibility index (Phi) is 7.77. The number of hydrogen-bond donors (Lipinski definition) is 0. The molecule has 2 atom stereocenters. The van der Waals surface area contributed by atoms with Crippen molar-refractivity contribution in [1.82, 2.24) is 0 Å². The molecule has 2 aromatic carbocycles. The number of rotatable bonds is 8. The van der Waals surface area contributed by atoms with E-state index in [2.05, 4.69) is 67.5 Å². The van der Waals surface area contributed by atoms with Gasteiger partial charge in [-0.05, 0) is 53.4 Å². The zero-order chi connectivity index (χ0) is 27.0. The molecular weight excluding hydrogens is 460 g/mol. The first-order valence-corrected chi connectivity index (χ1v) is 13.6. The van der Waals surface area contributed by atoms with Crippen LogP contribution >= 0.6 is 0 Å². The fourth-order valence-corrected chi connectivity index (χ4v) is 5.90. The molecule has 0 amide bonds. The van der Waals surface area contributed by atoms with E-state index in [1.165, 1.54) is 11.1 Å². The molecule has 0 aliphatic heterocycles. The van der Waals surface area contributed by atoms with Gasteiger partial charge in [-0.3, -0.25) is 0 Å². The van der Waals surface area contributed by atoms with Crippen LogP contribution in [0.5, 0.6) is 11.5 Å². The summed E-state index contributed by atoms with van der Waals surface area (Å²) >= 11 is 0. The van der Waals surface area contributed by atoms with Crippen LogP contribution in [0.25, 0.3) is 0 Å². The van der Waals surface area contributed by atoms with Gasteiger partial charge in [-0.1, -0.05) is 91.8 Å². The quantitative estimate of drug-likeness (QED) is 0.208. The summed E-state index contributed by atoms with van der Waals surface area (Å²) in [7, 11) is 0. The first-order valence-electron chi connectivity index (χ1n) is 13.6. The van der Waals surface area contributed by atoms with Crippen molar-refractivity contribution in [3.05, 3.63) is 82.0 Å². The Morgan fingerprint density at radius 2 is 1.00 bits per heavy atom. The van der Waals surface area contributed by atoms with E-state index < -0.39 is 11.9 Å². The Morgan fingerprint density at radius 1 is 0.622 bits per heavy atom. The number of ether oxygens (including phenoxy) is 2. The molecule has 2 unspecified atom stereocenters. The topological polar surface area (TPSA) is 52.6 Å². The average molecular weight is 501 g/mol. The summed E-state index contributed by atoms with van der Waals surface area (Å²) in [6.45, 7) is 17.0. The first-order chi connectivity index (χ1) is 17.5. The largest absolute Gasteiger partial charge is 0.423 e. The van der Waals surface area contributed by atoms with Gasteiger partial charge in [0.2, 0.25) is 0 Å². The maximum Gasteiger partial charge on any atom is 0.340 e. The van der Waals surface area contributed by atoms with Crippen molar-refractivity contribution in [2.45, 2.75) is 85.5 Å². The molecule has 0 N–H and O–H groups in total. The second-order valence-corrected chi connectivity index (χ2v) is 11.6. The molecule has 0 spiro atoms. The maximum atomic E-state index is 13.6. The summed E-state index contributed by atoms with van der Waals surface area (Å²) in [4.78, 5) is 27.2. The summed E-state index contributed by atoms with van der Waals surface area (Å²) < 4.78 is 12.1. The number of allylic oxidation sites excluding steroid dienone is 2. The van der Waals surface area contributed by atoms with Gasteiger partial charge in [0.05, 0.1) is 11.1 Å². The van der Waals surface area contributed by atoms with Crippen LogP contribution in [0.2, 0.25) is 0 Å². The summed E-state index contributed by atoms with van der Waals surface area (Å²) in [5.41, 5.74) is 5.31. The Morgan fingerprint density at radius 3 is 1.32 bits per heavy atom. The van der Waals surface area contributed by atoms with Gasteiger partial charge in [0.1, 0.15) is 11.5 Å². The molecule has 2 aliphatic rings. The minimum atomic E-state index is -0.452. The van der Waals surface area contributed by atoms with E-state index in [0.29, 0.717) is 40.9 Å². The summed E-state index contributed by atoms with van der Waals surface area (Å²) in [5.74, 6) is 1.01. The monoisotopic (exact) mass is 500 g/mol. The van der Waals surface area contributed by atoms with Crippen molar-refractivity contribution < 1.29 is 19.1 Å². The molecule has 2 aliphatic carbocycles. The number of carbonyl (C=O) groups excluding carboxylic acids is 2. The van der Waals surface area contributed by atoms with Crippen LogP contribution in [-0.2, 0) is 9.59 Å². The zero-order valence-electron chi connectivity index (χ0n) is 23.4. The van der Waals surface area contributed by atoms with Crippen molar-refractivity contribution in [2.75, 3.05) is 0 Å². The molecule has 0 saturated carbocycles. The number of esters is 2. The molecule has 4 rings (SSSR count). The zero-order valence-corrected chi connectivity index (χ0v) is 23.4. The molecule has 4 nitrogen and oxygen atoms in total. The molecule has 0 radical (unpaired) electrons. The highest BCUT2D eigenvalue weighted by atomic mass is 16.5. The van der Waals surface area contributed by atoms with Crippen LogP contribution in [0.3, 0.4) is 0 Å². The van der Waals surface area contributed by atoms with Gasteiger partial charge < -0.3 is 9.47 Å². The molecule has 0 saturated heterocycles. The molecule has 37 heavy (non-hydrogen) atoms. The molecule has 196 valence electrons. The molecular formula is C33H40O4. The van der Waals surface area contributed by atoms with Crippen LogP contribution in [-0.4, -0.2) is 11.9 Å². The Balaban J connectivity index is 1.69. The van der Waals surface area contributed by atoms with Crippen molar-refractivity contribution >= 4 is 11.9 Å². The summed E-state index contributed by atoms with van der Waals surface area (Å²) in [6, 6.07) is 11.8. The van der Waals surface area contributed by atoms with Crippen molar-refractivity contribution in [1.29, 1.82) is 0 Å². The number of carbonyl (C=O) groups is 2. The van der Waals surface area contributed by atoms with E-state index in [4.69, 9.17) is 9.47 Å². The lowest BCUT2D eigenvalue weighted by atomic mass is 9.89. The number of hydrogen-bond acceptors (Lipinski definition) is 4. The predicted octanol–water partition coefficient (Wildman–Crippen LogP) is 8.19. The SMILES string of the molecule is CC(C)c1cccc(OC(=O)C2=C(C(=O)Oc3cccc(C(C)C)c3C(C)C)C3C=CC2C3)c1C(C)C. The van der Waals surface area contributed by atoms with Crippen LogP contribution in [0.1, 0.15) is 108 Å². The molecule has 2 bridgehead atoms. The lowest BCUT2D eigenvalue weighted by molar-refractivity contribution is -0.133. The van der Waals surface area contributed by atoms with E-state index >= 15 is 0 Å². The normalized spacial score (nSPS) is 18.6. The standard InChI is InChI=1S/C33H40O4/c1-18(2)24-11-9-13-26(28(24)20(5)6)36-32(34)30-22-15-16-23(17-22)31(30)33(35)37-27-14-10-12-25(19(3)4)29(27)21(7)8/h9-16,18-23H,17H2,1-8H3. The van der Waals surface area contributed by atoms with E-state index in [1.54, 1.807) is 0 Å². The van der Waals surface area contributed by atoms with Gasteiger partial charge in [-0.25, -0.2) is 9.59 Å². The fourth-order valence-electron chi connectivity index (χ4n) is 5.90. The second kappa shape index (κ2) is 10.7. The first kappa shape index (κ1) is 26.9. The Bertz CT molecular complexity index is 1160. The van der Waals surface area contributed by atoms with E-state index in [-0.39, 0.29) is 23.7 Å². The van der Waals surface area contributed by atoms with Crippen LogP contribution in [0.4, 0.5) is 0 Å². The molecule has 0 heterocycles. The third-order valence-electron chi connectivity index (χ3n) is 7.56. The average Bonchev–Trinajstić information content (AvgIpc) is 3.45. The lowest BCUT2D eigenvalue weighted by Crippen LogP contribution is -2.23. The third kappa shape index (κ3) is 5.16. The predicted molar refractivity (Wildman–Crippen MR) is 148 cm³/mol. The second-order valence-electron chi connectivity index (χ2n) is 11.6. The van der Waals surface area contributed by atoms with Gasteiger partial charge in [0.15, 0.2) is 0 Å². The van der Waals surface area contributed by atoms with Gasteiger partial charge >= 0.3 is 11.9 Å². The van der Waals surface area contributed by atoms with Gasteiger partial charge in [0.25, 0.3) is 0 Å². The van der Waals surface area contributed by atoms with E-state index in [0.717, 1.165) is 11.1 Å². The van der Waals surface area contributed by atoms with Crippen LogP contribution in [0.15, 0.2) is 59.7 Å². The van der Waals surface area contributed by atoms with E-state index in [9.17, 15) is 9.59 Å². The summed E-state index contributed by atoms with van der Waals surface area (Å²) in [6.07, 6.45) is 4.75. The summed E-state index contributed by atoms with van der Waals surface area (Å²) in [5, 5.41) is 0. The fraction of sp³-hybridized carbons (Fsp3) is 0.455. The Hall–Kier alpha value is -3.14. The minimum Gasteiger partial charge on any atom is -0.423 e. The number of benzene rings is 2. The maximum absolute atomic E-state index is 13.6. The van der Waals surface area contributed by atoms with Crippen molar-refractivity contribution in [3.63, 3.8) is 0 Å². The molecule has 0 aromatic heterocycles. The highest BCUT2D eigenvalue weighted by molar-refractivity contribution is 6.04.